The lowest BCUT2D eigenvalue weighted by Crippen LogP contribution is -2.11. The molecular formula is C9H5FO6. The van der Waals surface area contributed by atoms with Crippen LogP contribution in [0.2, 0.25) is 0 Å². The molecule has 0 saturated carbocycles. The van der Waals surface area contributed by atoms with Crippen LogP contribution in [-0.2, 0) is 0 Å². The number of carboxylic acids is 3. The Morgan fingerprint density at radius 2 is 1.25 bits per heavy atom. The molecule has 0 radical (unpaired) electrons. The lowest BCUT2D eigenvalue weighted by Gasteiger charge is -2.03. The molecule has 0 unspecified atom stereocenters. The van der Waals surface area contributed by atoms with Crippen LogP contribution in [-0.4, -0.2) is 33.2 Å². The number of aromatic carboxylic acids is 3. The van der Waals surface area contributed by atoms with Gasteiger partial charge < -0.3 is 15.3 Å². The van der Waals surface area contributed by atoms with Crippen LogP contribution in [0.1, 0.15) is 31.1 Å². The van der Waals surface area contributed by atoms with Gasteiger partial charge in [-0.15, -0.1) is 0 Å². The summed E-state index contributed by atoms with van der Waals surface area (Å²) in [5.41, 5.74) is -2.58. The van der Waals surface area contributed by atoms with Gasteiger partial charge >= 0.3 is 17.9 Å². The first-order chi connectivity index (χ1) is 7.34. The van der Waals surface area contributed by atoms with Gasteiger partial charge in [-0.05, 0) is 12.1 Å². The van der Waals surface area contributed by atoms with E-state index in [1.54, 1.807) is 0 Å². The first kappa shape index (κ1) is 11.6. The van der Waals surface area contributed by atoms with E-state index in [1.165, 1.54) is 0 Å². The molecule has 0 aromatic heterocycles. The van der Waals surface area contributed by atoms with Crippen molar-refractivity contribution < 1.29 is 34.1 Å². The van der Waals surface area contributed by atoms with Crippen molar-refractivity contribution in [1.29, 1.82) is 0 Å². The maximum atomic E-state index is 13.3. The van der Waals surface area contributed by atoms with Crippen molar-refractivity contribution >= 4 is 17.9 Å². The van der Waals surface area contributed by atoms with Crippen LogP contribution in [0.15, 0.2) is 12.1 Å². The highest BCUT2D eigenvalue weighted by Crippen LogP contribution is 2.16. The van der Waals surface area contributed by atoms with Crippen molar-refractivity contribution in [3.63, 3.8) is 0 Å². The van der Waals surface area contributed by atoms with Crippen molar-refractivity contribution in [2.45, 2.75) is 0 Å². The predicted molar refractivity (Wildman–Crippen MR) is 47.3 cm³/mol. The average Bonchev–Trinajstić information content (AvgIpc) is 2.16. The summed E-state index contributed by atoms with van der Waals surface area (Å²) in [6, 6.07) is 1.12. The topological polar surface area (TPSA) is 112 Å². The lowest BCUT2D eigenvalue weighted by atomic mass is 10.0. The monoisotopic (exact) mass is 228 g/mol. The minimum Gasteiger partial charge on any atom is -0.478 e. The molecule has 16 heavy (non-hydrogen) atoms. The molecule has 84 valence electrons. The van der Waals surface area contributed by atoms with Crippen molar-refractivity contribution in [2.24, 2.45) is 0 Å². The van der Waals surface area contributed by atoms with Gasteiger partial charge in [0.05, 0.1) is 16.7 Å². The molecule has 1 aromatic rings. The second kappa shape index (κ2) is 3.97. The Labute approximate surface area is 87.6 Å². The fourth-order valence-electron chi connectivity index (χ4n) is 1.06. The fraction of sp³-hybridized carbons (Fsp3) is 0. The van der Waals surface area contributed by atoms with E-state index >= 15 is 0 Å². The van der Waals surface area contributed by atoms with Crippen molar-refractivity contribution in [3.8, 4) is 0 Å². The maximum absolute atomic E-state index is 13.3. The minimum atomic E-state index is -1.73. The second-order valence-electron chi connectivity index (χ2n) is 2.80. The van der Waals surface area contributed by atoms with Crippen LogP contribution in [0, 0.1) is 5.82 Å². The molecule has 1 aromatic carbocycles. The second-order valence-corrected chi connectivity index (χ2v) is 2.80. The zero-order valence-corrected chi connectivity index (χ0v) is 7.60. The van der Waals surface area contributed by atoms with E-state index in [2.05, 4.69) is 0 Å². The summed E-state index contributed by atoms with van der Waals surface area (Å²) in [7, 11) is 0. The molecule has 0 bridgehead atoms. The van der Waals surface area contributed by atoms with Gasteiger partial charge in [0.15, 0.2) is 5.82 Å². The number of halogens is 1. The summed E-state index contributed by atoms with van der Waals surface area (Å²) in [4.78, 5) is 31.6. The van der Waals surface area contributed by atoms with Gasteiger partial charge in [0.2, 0.25) is 0 Å². The molecule has 0 heterocycles. The highest BCUT2D eigenvalue weighted by molar-refractivity contribution is 5.99. The molecule has 3 N–H and O–H groups in total. The van der Waals surface area contributed by atoms with E-state index in [9.17, 15) is 18.8 Å². The number of carbonyl (C=O) groups is 3. The van der Waals surface area contributed by atoms with Gasteiger partial charge in [0.1, 0.15) is 0 Å². The molecule has 0 spiro atoms. The summed E-state index contributed by atoms with van der Waals surface area (Å²) >= 11 is 0. The van der Waals surface area contributed by atoms with Gasteiger partial charge in [0.25, 0.3) is 0 Å². The molecule has 0 aliphatic heterocycles. The standard InChI is InChI=1S/C9H5FO6/c10-6-4(8(13)14)1-3(7(11)12)2-5(6)9(15)16/h1-2H,(H,11,12)(H,13,14)(H,15,16). The number of carboxylic acid groups (broad SMARTS) is 3. The molecule has 0 fully saturated rings. The van der Waals surface area contributed by atoms with Crippen LogP contribution in [0.4, 0.5) is 4.39 Å². The van der Waals surface area contributed by atoms with Crippen molar-refractivity contribution in [3.05, 3.63) is 34.6 Å². The summed E-state index contributed by atoms with van der Waals surface area (Å²) in [5, 5.41) is 25.7. The minimum absolute atomic E-state index is 0.562. The van der Waals surface area contributed by atoms with E-state index in [1.807, 2.05) is 0 Å². The van der Waals surface area contributed by atoms with Gasteiger partial charge in [-0.1, -0.05) is 0 Å². The molecule has 0 saturated heterocycles. The third-order valence-corrected chi connectivity index (χ3v) is 1.78. The molecule has 6 nitrogen and oxygen atoms in total. The highest BCUT2D eigenvalue weighted by atomic mass is 19.1. The van der Waals surface area contributed by atoms with Crippen molar-refractivity contribution in [1.82, 2.24) is 0 Å². The maximum Gasteiger partial charge on any atom is 0.338 e. The Bertz CT molecular complexity index is 458. The number of hydrogen-bond acceptors (Lipinski definition) is 3. The Morgan fingerprint density at radius 3 is 1.50 bits per heavy atom. The first-order valence-corrected chi connectivity index (χ1v) is 3.88. The van der Waals surface area contributed by atoms with Crippen LogP contribution in [0.3, 0.4) is 0 Å². The van der Waals surface area contributed by atoms with Crippen molar-refractivity contribution in [2.75, 3.05) is 0 Å². The number of hydrogen-bond donors (Lipinski definition) is 3. The molecule has 0 aliphatic rings. The van der Waals surface area contributed by atoms with E-state index in [0.29, 0.717) is 12.1 Å². The van der Waals surface area contributed by atoms with Gasteiger partial charge in [-0.3, -0.25) is 0 Å². The van der Waals surface area contributed by atoms with Gasteiger partial charge in [0, 0.05) is 0 Å². The van der Waals surface area contributed by atoms with Crippen LogP contribution < -0.4 is 0 Å². The molecular weight excluding hydrogens is 223 g/mol. The summed E-state index contributed by atoms with van der Waals surface area (Å²) in [6.45, 7) is 0. The number of rotatable bonds is 3. The molecule has 7 heteroatoms. The van der Waals surface area contributed by atoms with E-state index in [4.69, 9.17) is 15.3 Å². The van der Waals surface area contributed by atoms with E-state index < -0.39 is 40.4 Å². The Balaban J connectivity index is 3.57. The SMILES string of the molecule is O=C(O)c1cc(C(=O)O)c(F)c(C(=O)O)c1. The summed E-state index contributed by atoms with van der Waals surface area (Å²) in [5.74, 6) is -6.47. The molecule has 1 rings (SSSR count). The third-order valence-electron chi connectivity index (χ3n) is 1.78. The zero-order chi connectivity index (χ0) is 12.5. The quantitative estimate of drug-likeness (QED) is 0.709. The normalized spacial score (nSPS) is 9.81. The first-order valence-electron chi connectivity index (χ1n) is 3.88. The van der Waals surface area contributed by atoms with E-state index in [0.717, 1.165) is 0 Å². The van der Waals surface area contributed by atoms with E-state index in [-0.39, 0.29) is 0 Å². The van der Waals surface area contributed by atoms with Gasteiger partial charge in [-0.25, -0.2) is 18.8 Å². The fourth-order valence-corrected chi connectivity index (χ4v) is 1.06. The van der Waals surface area contributed by atoms with Gasteiger partial charge in [-0.2, -0.15) is 0 Å². The summed E-state index contributed by atoms with van der Waals surface area (Å²) < 4.78 is 13.3. The highest BCUT2D eigenvalue weighted by Gasteiger charge is 2.22. The van der Waals surface area contributed by atoms with Crippen LogP contribution >= 0.6 is 0 Å². The predicted octanol–water partition coefficient (Wildman–Crippen LogP) is 0.920. The lowest BCUT2D eigenvalue weighted by molar-refractivity contribution is 0.0688. The smallest absolute Gasteiger partial charge is 0.338 e. The summed E-state index contributed by atoms with van der Waals surface area (Å²) in [6.07, 6.45) is 0. The molecule has 0 amide bonds. The Kier molecular flexibility index (Phi) is 2.89. The van der Waals surface area contributed by atoms with Crippen LogP contribution in [0.5, 0.6) is 0 Å². The number of benzene rings is 1. The molecule has 0 aliphatic carbocycles. The Hall–Kier alpha value is -2.44. The third kappa shape index (κ3) is 1.97. The zero-order valence-electron chi connectivity index (χ0n) is 7.60. The Morgan fingerprint density at radius 1 is 0.875 bits per heavy atom. The largest absolute Gasteiger partial charge is 0.478 e. The molecule has 0 atom stereocenters. The average molecular weight is 228 g/mol. The van der Waals surface area contributed by atoms with Crippen LogP contribution in [0.25, 0.3) is 0 Å².